The van der Waals surface area contributed by atoms with Crippen molar-refractivity contribution < 1.29 is 14.2 Å². The zero-order valence-corrected chi connectivity index (χ0v) is 15.1. The predicted molar refractivity (Wildman–Crippen MR) is 101 cm³/mol. The maximum atomic E-state index is 5.47. The molecule has 3 heterocycles. The van der Waals surface area contributed by atoms with Crippen molar-refractivity contribution in [2.45, 2.75) is 10.9 Å². The topological polar surface area (TPSA) is 59.6 Å². The van der Waals surface area contributed by atoms with E-state index in [0.717, 1.165) is 59.7 Å². The van der Waals surface area contributed by atoms with E-state index in [0.29, 0.717) is 0 Å². The number of ether oxygens (including phenoxy) is 3. The number of nitrogens with zero attached hydrogens (tertiary/aromatic N) is 2. The fraction of sp³-hybridized carbons (Fsp3) is 0.316. The van der Waals surface area contributed by atoms with Gasteiger partial charge in [-0.2, -0.15) is 0 Å². The van der Waals surface area contributed by atoms with Crippen molar-refractivity contribution in [2.75, 3.05) is 38.0 Å². The SMILES string of the molecule is c1ccc(N2CCOCC2)c(CSc2nc3cc4c(cc3[nH]2)OCO4)c1. The molecule has 2 aliphatic rings. The number of fused-ring (bicyclic) bond motifs is 2. The zero-order valence-electron chi connectivity index (χ0n) is 14.2. The van der Waals surface area contributed by atoms with Crippen LogP contribution in [0.3, 0.4) is 0 Å². The Labute approximate surface area is 155 Å². The Morgan fingerprint density at radius 2 is 1.88 bits per heavy atom. The van der Waals surface area contributed by atoms with Gasteiger partial charge in [-0.3, -0.25) is 0 Å². The van der Waals surface area contributed by atoms with Gasteiger partial charge in [0.15, 0.2) is 16.7 Å². The lowest BCUT2D eigenvalue weighted by molar-refractivity contribution is 0.122. The lowest BCUT2D eigenvalue weighted by Gasteiger charge is -2.30. The minimum atomic E-state index is 0.280. The number of nitrogens with one attached hydrogen (secondary N) is 1. The molecular weight excluding hydrogens is 350 g/mol. The number of morpholine rings is 1. The van der Waals surface area contributed by atoms with Crippen LogP contribution >= 0.6 is 11.8 Å². The van der Waals surface area contributed by atoms with Gasteiger partial charge < -0.3 is 24.1 Å². The maximum Gasteiger partial charge on any atom is 0.231 e. The zero-order chi connectivity index (χ0) is 17.3. The number of aromatic amines is 1. The molecule has 0 aliphatic carbocycles. The quantitative estimate of drug-likeness (QED) is 0.711. The summed E-state index contributed by atoms with van der Waals surface area (Å²) in [7, 11) is 0. The Hall–Kier alpha value is -2.38. The standard InChI is InChI=1S/C19H19N3O3S/c1-2-4-16(22-5-7-23-8-6-22)13(3-1)11-26-19-20-14-9-17-18(25-12-24-17)10-15(14)21-19/h1-4,9-10H,5-8,11-12H2,(H,20,21). The van der Waals surface area contributed by atoms with Crippen LogP contribution in [0.2, 0.25) is 0 Å². The highest BCUT2D eigenvalue weighted by Crippen LogP contribution is 2.36. The monoisotopic (exact) mass is 369 g/mol. The fourth-order valence-electron chi connectivity index (χ4n) is 3.34. The van der Waals surface area contributed by atoms with E-state index < -0.39 is 0 Å². The fourth-order valence-corrected chi connectivity index (χ4v) is 4.22. The Kier molecular flexibility index (Phi) is 4.10. The molecule has 0 radical (unpaired) electrons. The van der Waals surface area contributed by atoms with Crippen molar-refractivity contribution in [3.63, 3.8) is 0 Å². The molecule has 7 heteroatoms. The summed E-state index contributed by atoms with van der Waals surface area (Å²) in [5.41, 5.74) is 4.48. The summed E-state index contributed by atoms with van der Waals surface area (Å²) in [6.45, 7) is 3.75. The van der Waals surface area contributed by atoms with Gasteiger partial charge in [0.1, 0.15) is 0 Å². The van der Waals surface area contributed by atoms with E-state index in [-0.39, 0.29) is 6.79 Å². The van der Waals surface area contributed by atoms with Gasteiger partial charge in [0, 0.05) is 36.7 Å². The van der Waals surface area contributed by atoms with Crippen molar-refractivity contribution in [1.29, 1.82) is 0 Å². The minimum Gasteiger partial charge on any atom is -0.454 e. The summed E-state index contributed by atoms with van der Waals surface area (Å²) in [6.07, 6.45) is 0. The van der Waals surface area contributed by atoms with E-state index in [1.807, 2.05) is 12.1 Å². The molecule has 0 saturated carbocycles. The van der Waals surface area contributed by atoms with E-state index in [1.54, 1.807) is 11.8 Å². The molecule has 1 fully saturated rings. The van der Waals surface area contributed by atoms with Gasteiger partial charge >= 0.3 is 0 Å². The first-order valence-corrected chi connectivity index (χ1v) is 9.68. The van der Waals surface area contributed by atoms with E-state index in [9.17, 15) is 0 Å². The number of benzene rings is 2. The second kappa shape index (κ2) is 6.74. The second-order valence-corrected chi connectivity index (χ2v) is 7.25. The number of hydrogen-bond acceptors (Lipinski definition) is 6. The average Bonchev–Trinajstić information content (AvgIpc) is 3.30. The molecule has 5 rings (SSSR count). The lowest BCUT2D eigenvalue weighted by atomic mass is 10.1. The van der Waals surface area contributed by atoms with Crippen LogP contribution < -0.4 is 14.4 Å². The Bertz CT molecular complexity index is 896. The van der Waals surface area contributed by atoms with Gasteiger partial charge in [-0.1, -0.05) is 30.0 Å². The molecule has 2 aromatic carbocycles. The van der Waals surface area contributed by atoms with Crippen LogP contribution in [0.4, 0.5) is 5.69 Å². The summed E-state index contributed by atoms with van der Waals surface area (Å²) in [5, 5.41) is 0.903. The normalized spacial score (nSPS) is 16.4. The molecule has 1 aromatic heterocycles. The highest BCUT2D eigenvalue weighted by molar-refractivity contribution is 7.98. The van der Waals surface area contributed by atoms with E-state index >= 15 is 0 Å². The molecule has 0 unspecified atom stereocenters. The van der Waals surface area contributed by atoms with Crippen molar-refractivity contribution in [3.8, 4) is 11.5 Å². The van der Waals surface area contributed by atoms with Gasteiger partial charge in [-0.15, -0.1) is 0 Å². The molecule has 0 bridgehead atoms. The third-order valence-electron chi connectivity index (χ3n) is 4.66. The maximum absolute atomic E-state index is 5.47. The van der Waals surface area contributed by atoms with Crippen LogP contribution in [0.1, 0.15) is 5.56 Å². The molecule has 2 aliphatic heterocycles. The molecule has 134 valence electrons. The van der Waals surface area contributed by atoms with E-state index in [4.69, 9.17) is 14.2 Å². The van der Waals surface area contributed by atoms with Crippen LogP contribution in [0.15, 0.2) is 41.6 Å². The van der Waals surface area contributed by atoms with Gasteiger partial charge in [0.2, 0.25) is 6.79 Å². The van der Waals surface area contributed by atoms with Crippen LogP contribution in [0.25, 0.3) is 11.0 Å². The van der Waals surface area contributed by atoms with Crippen molar-refractivity contribution in [3.05, 3.63) is 42.0 Å². The molecule has 0 amide bonds. The Balaban J connectivity index is 1.35. The molecule has 0 atom stereocenters. The highest BCUT2D eigenvalue weighted by atomic mass is 32.2. The molecule has 3 aromatic rings. The first-order valence-electron chi connectivity index (χ1n) is 8.69. The molecular formula is C19H19N3O3S. The van der Waals surface area contributed by atoms with Gasteiger partial charge in [0.25, 0.3) is 0 Å². The van der Waals surface area contributed by atoms with Crippen LogP contribution in [-0.4, -0.2) is 43.1 Å². The van der Waals surface area contributed by atoms with Crippen molar-refractivity contribution >= 4 is 28.5 Å². The third kappa shape index (κ3) is 2.97. The number of aromatic nitrogens is 2. The number of imidazole rings is 1. The minimum absolute atomic E-state index is 0.280. The number of anilines is 1. The largest absolute Gasteiger partial charge is 0.454 e. The van der Waals surface area contributed by atoms with Crippen LogP contribution in [0.5, 0.6) is 11.5 Å². The van der Waals surface area contributed by atoms with E-state index in [1.165, 1.54) is 11.3 Å². The number of H-pyrrole nitrogens is 1. The molecule has 1 saturated heterocycles. The first kappa shape index (κ1) is 15.8. The average molecular weight is 369 g/mol. The summed E-state index contributed by atoms with van der Waals surface area (Å²) >= 11 is 1.71. The molecule has 1 N–H and O–H groups in total. The first-order chi connectivity index (χ1) is 12.9. The molecule has 6 nitrogen and oxygen atoms in total. The van der Waals surface area contributed by atoms with E-state index in [2.05, 4.69) is 39.1 Å². The van der Waals surface area contributed by atoms with Crippen LogP contribution in [0, 0.1) is 0 Å². The van der Waals surface area contributed by atoms with Gasteiger partial charge in [-0.05, 0) is 11.6 Å². The smallest absolute Gasteiger partial charge is 0.231 e. The lowest BCUT2D eigenvalue weighted by Crippen LogP contribution is -2.36. The third-order valence-corrected chi connectivity index (χ3v) is 5.58. The van der Waals surface area contributed by atoms with Crippen molar-refractivity contribution in [1.82, 2.24) is 9.97 Å². The Morgan fingerprint density at radius 3 is 2.77 bits per heavy atom. The summed E-state index contributed by atoms with van der Waals surface area (Å²) < 4.78 is 16.3. The van der Waals surface area contributed by atoms with Crippen LogP contribution in [-0.2, 0) is 10.5 Å². The summed E-state index contributed by atoms with van der Waals surface area (Å²) in [4.78, 5) is 10.5. The van der Waals surface area contributed by atoms with Crippen molar-refractivity contribution in [2.24, 2.45) is 0 Å². The molecule has 0 spiro atoms. The number of rotatable bonds is 4. The summed E-state index contributed by atoms with van der Waals surface area (Å²) in [6, 6.07) is 12.5. The molecule has 26 heavy (non-hydrogen) atoms. The number of hydrogen-bond donors (Lipinski definition) is 1. The van der Waals surface area contributed by atoms with Gasteiger partial charge in [0.05, 0.1) is 24.2 Å². The number of para-hydroxylation sites is 1. The second-order valence-electron chi connectivity index (χ2n) is 6.28. The highest BCUT2D eigenvalue weighted by Gasteiger charge is 2.17. The number of thioether (sulfide) groups is 1. The van der Waals surface area contributed by atoms with Gasteiger partial charge in [-0.25, -0.2) is 4.98 Å². The Morgan fingerprint density at radius 1 is 1.08 bits per heavy atom. The predicted octanol–water partition coefficient (Wildman–Crippen LogP) is 3.42. The summed E-state index contributed by atoms with van der Waals surface area (Å²) in [5.74, 6) is 2.40.